The maximum atomic E-state index is 12.0. The number of carbonyl (C=O) groups is 1. The lowest BCUT2D eigenvalue weighted by atomic mass is 9.96. The molecule has 19 heavy (non-hydrogen) atoms. The van der Waals surface area contributed by atoms with E-state index in [-0.39, 0.29) is 11.9 Å². The van der Waals surface area contributed by atoms with Gasteiger partial charge in [-0.05, 0) is 58.8 Å². The number of likely N-dealkylation sites (tertiary alicyclic amines) is 1. The van der Waals surface area contributed by atoms with Crippen LogP contribution in [0.5, 0.6) is 0 Å². The Kier molecular flexibility index (Phi) is 8.02. The van der Waals surface area contributed by atoms with Gasteiger partial charge in [-0.25, -0.2) is 0 Å². The zero-order chi connectivity index (χ0) is 14.1. The zero-order valence-corrected chi connectivity index (χ0v) is 12.6. The Morgan fingerprint density at radius 1 is 1.42 bits per heavy atom. The van der Waals surface area contributed by atoms with Gasteiger partial charge in [0.1, 0.15) is 0 Å². The van der Waals surface area contributed by atoms with Gasteiger partial charge in [0.15, 0.2) is 0 Å². The average Bonchev–Trinajstić information content (AvgIpc) is 2.44. The second-order valence-electron chi connectivity index (χ2n) is 5.35. The van der Waals surface area contributed by atoms with Gasteiger partial charge in [0.05, 0.1) is 6.04 Å². The van der Waals surface area contributed by atoms with Crippen LogP contribution in [-0.2, 0) is 9.53 Å². The summed E-state index contributed by atoms with van der Waals surface area (Å²) < 4.78 is 4.97. The summed E-state index contributed by atoms with van der Waals surface area (Å²) in [6.07, 6.45) is 3.24. The van der Waals surface area contributed by atoms with E-state index in [2.05, 4.69) is 15.5 Å². The van der Waals surface area contributed by atoms with Gasteiger partial charge in [-0.15, -0.1) is 0 Å². The number of amides is 1. The molecular weight excluding hydrogens is 242 g/mol. The van der Waals surface area contributed by atoms with Crippen molar-refractivity contribution in [1.29, 1.82) is 0 Å². The van der Waals surface area contributed by atoms with Crippen LogP contribution in [0.25, 0.3) is 0 Å². The lowest BCUT2D eigenvalue weighted by molar-refractivity contribution is -0.126. The maximum Gasteiger partial charge on any atom is 0.237 e. The van der Waals surface area contributed by atoms with Gasteiger partial charge >= 0.3 is 0 Å². The Balaban J connectivity index is 2.22. The molecule has 1 heterocycles. The number of piperidine rings is 1. The second-order valence-corrected chi connectivity index (χ2v) is 5.35. The first-order chi connectivity index (χ1) is 9.19. The van der Waals surface area contributed by atoms with Gasteiger partial charge < -0.3 is 15.4 Å². The first-order valence-corrected chi connectivity index (χ1v) is 7.34. The van der Waals surface area contributed by atoms with Crippen molar-refractivity contribution in [3.63, 3.8) is 0 Å². The highest BCUT2D eigenvalue weighted by atomic mass is 16.5. The van der Waals surface area contributed by atoms with Crippen LogP contribution in [0, 0.1) is 5.92 Å². The van der Waals surface area contributed by atoms with E-state index in [9.17, 15) is 4.79 Å². The minimum atomic E-state index is -0.0157. The molecule has 1 fully saturated rings. The molecule has 5 heteroatoms. The van der Waals surface area contributed by atoms with Crippen molar-refractivity contribution in [3.8, 4) is 0 Å². The van der Waals surface area contributed by atoms with Gasteiger partial charge in [0.2, 0.25) is 5.91 Å². The van der Waals surface area contributed by atoms with E-state index in [0.29, 0.717) is 13.2 Å². The monoisotopic (exact) mass is 271 g/mol. The van der Waals surface area contributed by atoms with Crippen LogP contribution >= 0.6 is 0 Å². The SMILES string of the molecule is CNCC1CCN(C(C)C(=O)NCCCOC)CC1. The Labute approximate surface area is 117 Å². The van der Waals surface area contributed by atoms with Crippen molar-refractivity contribution in [3.05, 3.63) is 0 Å². The van der Waals surface area contributed by atoms with Crippen molar-refractivity contribution in [2.75, 3.05) is 46.9 Å². The standard InChI is InChI=1S/C14H29N3O2/c1-12(14(18)16-7-4-10-19-3)17-8-5-13(6-9-17)11-15-2/h12-13,15H,4-11H2,1-3H3,(H,16,18). The van der Waals surface area contributed by atoms with Crippen molar-refractivity contribution < 1.29 is 9.53 Å². The van der Waals surface area contributed by atoms with Crippen LogP contribution < -0.4 is 10.6 Å². The second kappa shape index (κ2) is 9.28. The Morgan fingerprint density at radius 3 is 2.68 bits per heavy atom. The van der Waals surface area contributed by atoms with Crippen LogP contribution in [0.15, 0.2) is 0 Å². The first kappa shape index (κ1) is 16.4. The van der Waals surface area contributed by atoms with E-state index in [1.807, 2.05) is 14.0 Å². The molecule has 1 aliphatic heterocycles. The number of methoxy groups -OCH3 is 1. The quantitative estimate of drug-likeness (QED) is 0.630. The lowest BCUT2D eigenvalue weighted by Gasteiger charge is -2.35. The van der Waals surface area contributed by atoms with E-state index < -0.39 is 0 Å². The van der Waals surface area contributed by atoms with E-state index in [1.165, 1.54) is 12.8 Å². The summed E-state index contributed by atoms with van der Waals surface area (Å²) in [5.41, 5.74) is 0. The van der Waals surface area contributed by atoms with Crippen LogP contribution in [0.1, 0.15) is 26.2 Å². The molecule has 0 bridgehead atoms. The molecule has 0 aromatic carbocycles. The predicted octanol–water partition coefficient (Wildman–Crippen LogP) is 0.459. The molecule has 1 saturated heterocycles. The van der Waals surface area contributed by atoms with Crippen LogP contribution in [-0.4, -0.2) is 63.8 Å². The fourth-order valence-electron chi connectivity index (χ4n) is 2.57. The highest BCUT2D eigenvalue weighted by Gasteiger charge is 2.25. The number of carbonyl (C=O) groups excluding carboxylic acids is 1. The van der Waals surface area contributed by atoms with E-state index in [1.54, 1.807) is 7.11 Å². The summed E-state index contributed by atoms with van der Waals surface area (Å²) in [5, 5.41) is 6.21. The number of rotatable bonds is 8. The van der Waals surface area contributed by atoms with Crippen molar-refractivity contribution >= 4 is 5.91 Å². The summed E-state index contributed by atoms with van der Waals surface area (Å²) in [6.45, 7) is 6.55. The van der Waals surface area contributed by atoms with E-state index in [0.717, 1.165) is 32.0 Å². The summed E-state index contributed by atoms with van der Waals surface area (Å²) >= 11 is 0. The molecular formula is C14H29N3O2. The minimum absolute atomic E-state index is 0.0157. The Morgan fingerprint density at radius 2 is 2.11 bits per heavy atom. The van der Waals surface area contributed by atoms with E-state index in [4.69, 9.17) is 4.74 Å². The molecule has 0 radical (unpaired) electrons. The van der Waals surface area contributed by atoms with Crippen LogP contribution in [0.2, 0.25) is 0 Å². The molecule has 112 valence electrons. The number of ether oxygens (including phenoxy) is 1. The van der Waals surface area contributed by atoms with Crippen LogP contribution in [0.3, 0.4) is 0 Å². The third-order valence-electron chi connectivity index (χ3n) is 3.89. The summed E-state index contributed by atoms with van der Waals surface area (Å²) in [5.74, 6) is 0.904. The highest BCUT2D eigenvalue weighted by molar-refractivity contribution is 5.81. The van der Waals surface area contributed by atoms with Gasteiger partial charge in [-0.1, -0.05) is 0 Å². The molecule has 1 unspecified atom stereocenters. The molecule has 5 nitrogen and oxygen atoms in total. The normalized spacial score (nSPS) is 19.3. The fraction of sp³-hybridized carbons (Fsp3) is 0.929. The van der Waals surface area contributed by atoms with Crippen molar-refractivity contribution in [2.45, 2.75) is 32.2 Å². The van der Waals surface area contributed by atoms with Gasteiger partial charge in [0.25, 0.3) is 0 Å². The molecule has 1 atom stereocenters. The molecule has 0 aromatic heterocycles. The molecule has 2 N–H and O–H groups in total. The first-order valence-electron chi connectivity index (χ1n) is 7.34. The molecule has 1 rings (SSSR count). The smallest absolute Gasteiger partial charge is 0.237 e. The van der Waals surface area contributed by atoms with Crippen LogP contribution in [0.4, 0.5) is 0 Å². The largest absolute Gasteiger partial charge is 0.385 e. The van der Waals surface area contributed by atoms with E-state index >= 15 is 0 Å². The van der Waals surface area contributed by atoms with Crippen molar-refractivity contribution in [1.82, 2.24) is 15.5 Å². The molecule has 1 aliphatic rings. The predicted molar refractivity (Wildman–Crippen MR) is 77.2 cm³/mol. The zero-order valence-electron chi connectivity index (χ0n) is 12.6. The molecule has 0 aliphatic carbocycles. The number of nitrogens with one attached hydrogen (secondary N) is 2. The molecule has 1 amide bonds. The fourth-order valence-corrected chi connectivity index (χ4v) is 2.57. The topological polar surface area (TPSA) is 53.6 Å². The minimum Gasteiger partial charge on any atom is -0.385 e. The van der Waals surface area contributed by atoms with Gasteiger partial charge in [-0.2, -0.15) is 0 Å². The van der Waals surface area contributed by atoms with Gasteiger partial charge in [0, 0.05) is 20.3 Å². The third-order valence-corrected chi connectivity index (χ3v) is 3.89. The number of nitrogens with zero attached hydrogens (tertiary/aromatic N) is 1. The summed E-state index contributed by atoms with van der Waals surface area (Å²) in [6, 6.07) is -0.0157. The Hall–Kier alpha value is -0.650. The molecule has 0 saturated carbocycles. The third kappa shape index (κ3) is 5.89. The average molecular weight is 271 g/mol. The highest BCUT2D eigenvalue weighted by Crippen LogP contribution is 2.18. The Bertz CT molecular complexity index is 253. The van der Waals surface area contributed by atoms with Crippen molar-refractivity contribution in [2.24, 2.45) is 5.92 Å². The van der Waals surface area contributed by atoms with Gasteiger partial charge in [-0.3, -0.25) is 9.69 Å². The maximum absolute atomic E-state index is 12.0. The lowest BCUT2D eigenvalue weighted by Crippen LogP contribution is -2.49. The number of hydrogen-bond donors (Lipinski definition) is 2. The summed E-state index contributed by atoms with van der Waals surface area (Å²) in [7, 11) is 3.68. The number of hydrogen-bond acceptors (Lipinski definition) is 4. The molecule has 0 aromatic rings. The molecule has 0 spiro atoms. The summed E-state index contributed by atoms with van der Waals surface area (Å²) in [4.78, 5) is 14.3.